The number of carbonyl (C=O) groups is 2. The van der Waals surface area contributed by atoms with Gasteiger partial charge in [0.1, 0.15) is 5.75 Å². The molecule has 150 valence electrons. The van der Waals surface area contributed by atoms with E-state index in [1.807, 2.05) is 65.2 Å². The van der Waals surface area contributed by atoms with Crippen LogP contribution in [0.2, 0.25) is 0 Å². The van der Waals surface area contributed by atoms with Gasteiger partial charge in [0, 0.05) is 29.9 Å². The van der Waals surface area contributed by atoms with Gasteiger partial charge in [0.15, 0.2) is 5.65 Å². The molecule has 0 unspecified atom stereocenters. The second kappa shape index (κ2) is 8.08. The molecule has 0 atom stereocenters. The number of amides is 2. The molecule has 0 aliphatic rings. The van der Waals surface area contributed by atoms with Crippen LogP contribution in [0.5, 0.6) is 5.75 Å². The highest BCUT2D eigenvalue weighted by Crippen LogP contribution is 2.32. The summed E-state index contributed by atoms with van der Waals surface area (Å²) >= 11 is 0. The van der Waals surface area contributed by atoms with Gasteiger partial charge in [-0.15, -0.1) is 0 Å². The molecule has 0 fully saturated rings. The molecule has 0 aliphatic heterocycles. The molecule has 2 N–H and O–H groups in total. The van der Waals surface area contributed by atoms with E-state index >= 15 is 0 Å². The second-order valence-electron chi connectivity index (χ2n) is 6.74. The molecule has 0 saturated carbocycles. The van der Waals surface area contributed by atoms with Gasteiger partial charge >= 0.3 is 0 Å². The van der Waals surface area contributed by atoms with Gasteiger partial charge in [-0.25, -0.2) is 4.98 Å². The Hall–Kier alpha value is -4.13. The highest BCUT2D eigenvalue weighted by atomic mass is 16.5. The van der Waals surface area contributed by atoms with Crippen molar-refractivity contribution in [2.75, 3.05) is 17.7 Å². The Morgan fingerprint density at radius 1 is 1.07 bits per heavy atom. The first-order valence-corrected chi connectivity index (χ1v) is 9.33. The molecule has 2 amide bonds. The average molecular weight is 400 g/mol. The van der Waals surface area contributed by atoms with Crippen molar-refractivity contribution in [3.63, 3.8) is 0 Å². The molecule has 7 nitrogen and oxygen atoms in total. The summed E-state index contributed by atoms with van der Waals surface area (Å²) in [7, 11) is 1.62. The zero-order valence-electron chi connectivity index (χ0n) is 16.5. The van der Waals surface area contributed by atoms with Crippen LogP contribution in [0.1, 0.15) is 6.92 Å². The number of hydrogen-bond donors (Lipinski definition) is 2. The lowest BCUT2D eigenvalue weighted by Gasteiger charge is -2.11. The number of pyridine rings is 1. The number of imidazole rings is 1. The van der Waals surface area contributed by atoms with Crippen molar-refractivity contribution in [2.45, 2.75) is 6.92 Å². The van der Waals surface area contributed by atoms with Crippen LogP contribution >= 0.6 is 0 Å². The number of rotatable bonds is 6. The van der Waals surface area contributed by atoms with E-state index in [1.54, 1.807) is 13.3 Å². The number of anilines is 2. The summed E-state index contributed by atoms with van der Waals surface area (Å²) < 4.78 is 7.27. The highest BCUT2D eigenvalue weighted by Gasteiger charge is 2.13. The molecular formula is C23H20N4O3. The van der Waals surface area contributed by atoms with Crippen LogP contribution in [0.4, 0.5) is 11.4 Å². The quantitative estimate of drug-likeness (QED) is 0.475. The maximum atomic E-state index is 11.4. The molecule has 0 aliphatic carbocycles. The molecule has 4 aromatic rings. The fraction of sp³-hybridized carbons (Fsp3) is 0.0870. The molecule has 2 aromatic heterocycles. The Morgan fingerprint density at radius 3 is 2.63 bits per heavy atom. The standard InChI is InChI=1S/C23H20N4O3/c1-15(29)26-19-7-3-5-16(9-19)18-11-21(25-14-28)23-24-12-22(27(23)13-18)17-6-4-8-20(10-17)30-2/h3-14H,1-2H3,(H,25,28)(H,26,29). The van der Waals surface area contributed by atoms with Crippen molar-refractivity contribution < 1.29 is 14.3 Å². The van der Waals surface area contributed by atoms with E-state index in [-0.39, 0.29) is 5.91 Å². The van der Waals surface area contributed by atoms with Crippen LogP contribution in [0.15, 0.2) is 67.0 Å². The van der Waals surface area contributed by atoms with Gasteiger partial charge in [0.2, 0.25) is 12.3 Å². The molecule has 0 spiro atoms. The number of ether oxygens (including phenoxy) is 1. The van der Waals surface area contributed by atoms with E-state index in [0.717, 1.165) is 28.1 Å². The van der Waals surface area contributed by atoms with Crippen LogP contribution in [0.25, 0.3) is 28.0 Å². The Morgan fingerprint density at radius 2 is 1.87 bits per heavy atom. The summed E-state index contributed by atoms with van der Waals surface area (Å²) in [5, 5.41) is 5.53. The first-order chi connectivity index (χ1) is 14.6. The van der Waals surface area contributed by atoms with E-state index in [1.165, 1.54) is 6.92 Å². The summed E-state index contributed by atoms with van der Waals surface area (Å²) in [5.74, 6) is 0.605. The molecule has 4 rings (SSSR count). The maximum absolute atomic E-state index is 11.4. The predicted molar refractivity (Wildman–Crippen MR) is 117 cm³/mol. The summed E-state index contributed by atoms with van der Waals surface area (Å²) in [6, 6.07) is 17.1. The largest absolute Gasteiger partial charge is 0.497 e. The normalized spacial score (nSPS) is 10.6. The fourth-order valence-corrected chi connectivity index (χ4v) is 3.39. The first kappa shape index (κ1) is 19.2. The van der Waals surface area contributed by atoms with Gasteiger partial charge in [-0.05, 0) is 35.9 Å². The van der Waals surface area contributed by atoms with E-state index in [0.29, 0.717) is 23.4 Å². The van der Waals surface area contributed by atoms with Crippen molar-refractivity contribution in [2.24, 2.45) is 0 Å². The number of aromatic nitrogens is 2. The number of fused-ring (bicyclic) bond motifs is 1. The fourth-order valence-electron chi connectivity index (χ4n) is 3.39. The maximum Gasteiger partial charge on any atom is 0.221 e. The van der Waals surface area contributed by atoms with Crippen molar-refractivity contribution in [3.05, 3.63) is 67.0 Å². The molecule has 0 radical (unpaired) electrons. The smallest absolute Gasteiger partial charge is 0.221 e. The summed E-state index contributed by atoms with van der Waals surface area (Å²) in [6.07, 6.45) is 4.35. The van der Waals surface area contributed by atoms with Crippen molar-refractivity contribution in [3.8, 4) is 28.1 Å². The lowest BCUT2D eigenvalue weighted by atomic mass is 10.1. The highest BCUT2D eigenvalue weighted by molar-refractivity contribution is 5.90. The summed E-state index contributed by atoms with van der Waals surface area (Å²) in [6.45, 7) is 1.47. The minimum atomic E-state index is -0.138. The Labute approximate surface area is 173 Å². The van der Waals surface area contributed by atoms with Gasteiger partial charge in [-0.2, -0.15) is 0 Å². The Bertz CT molecular complexity index is 1250. The van der Waals surface area contributed by atoms with E-state index in [2.05, 4.69) is 15.6 Å². The van der Waals surface area contributed by atoms with Gasteiger partial charge < -0.3 is 15.4 Å². The molecule has 0 saturated heterocycles. The third-order valence-electron chi connectivity index (χ3n) is 4.70. The van der Waals surface area contributed by atoms with E-state index in [9.17, 15) is 9.59 Å². The van der Waals surface area contributed by atoms with E-state index in [4.69, 9.17) is 4.74 Å². The molecule has 2 heterocycles. The van der Waals surface area contributed by atoms with Crippen molar-refractivity contribution >= 4 is 29.3 Å². The number of carbonyl (C=O) groups excluding carboxylic acids is 2. The Kier molecular flexibility index (Phi) is 5.17. The summed E-state index contributed by atoms with van der Waals surface area (Å²) in [5.41, 5.74) is 5.45. The van der Waals surface area contributed by atoms with Crippen LogP contribution in [0, 0.1) is 0 Å². The lowest BCUT2D eigenvalue weighted by molar-refractivity contribution is -0.114. The number of hydrogen-bond acceptors (Lipinski definition) is 4. The van der Waals surface area contributed by atoms with Gasteiger partial charge in [0.25, 0.3) is 0 Å². The van der Waals surface area contributed by atoms with Crippen LogP contribution in [-0.4, -0.2) is 28.8 Å². The topological polar surface area (TPSA) is 84.7 Å². The molecule has 7 heteroatoms. The summed E-state index contributed by atoms with van der Waals surface area (Å²) in [4.78, 5) is 27.1. The minimum absolute atomic E-state index is 0.138. The van der Waals surface area contributed by atoms with Gasteiger partial charge in [-0.3, -0.25) is 14.0 Å². The molecular weight excluding hydrogens is 380 g/mol. The van der Waals surface area contributed by atoms with Crippen LogP contribution in [0.3, 0.4) is 0 Å². The first-order valence-electron chi connectivity index (χ1n) is 9.33. The van der Waals surface area contributed by atoms with E-state index < -0.39 is 0 Å². The molecule has 30 heavy (non-hydrogen) atoms. The zero-order valence-corrected chi connectivity index (χ0v) is 16.5. The van der Waals surface area contributed by atoms with Crippen LogP contribution < -0.4 is 15.4 Å². The SMILES string of the molecule is COc1cccc(-c2cnc3c(NC=O)cc(-c4cccc(NC(C)=O)c4)cn23)c1. The lowest BCUT2D eigenvalue weighted by Crippen LogP contribution is -2.05. The Balaban J connectivity index is 1.89. The monoisotopic (exact) mass is 400 g/mol. The molecule has 0 bridgehead atoms. The zero-order chi connectivity index (χ0) is 21.1. The van der Waals surface area contributed by atoms with Gasteiger partial charge in [0.05, 0.1) is 24.7 Å². The minimum Gasteiger partial charge on any atom is -0.497 e. The predicted octanol–water partition coefficient (Wildman–Crippen LogP) is 4.20. The van der Waals surface area contributed by atoms with Crippen molar-refractivity contribution in [1.82, 2.24) is 9.38 Å². The second-order valence-corrected chi connectivity index (χ2v) is 6.74. The average Bonchev–Trinajstić information content (AvgIpc) is 3.18. The third-order valence-corrected chi connectivity index (χ3v) is 4.70. The van der Waals surface area contributed by atoms with Gasteiger partial charge in [-0.1, -0.05) is 24.3 Å². The number of methoxy groups -OCH3 is 1. The number of benzene rings is 2. The molecule has 2 aromatic carbocycles. The number of nitrogens with zero attached hydrogens (tertiary/aromatic N) is 2. The number of nitrogens with one attached hydrogen (secondary N) is 2. The van der Waals surface area contributed by atoms with Crippen molar-refractivity contribution in [1.29, 1.82) is 0 Å². The van der Waals surface area contributed by atoms with Crippen LogP contribution in [-0.2, 0) is 9.59 Å². The third kappa shape index (κ3) is 3.73.